The number of carbonyl (C=O) groups is 1. The molecule has 0 aromatic carbocycles. The van der Waals surface area contributed by atoms with Gasteiger partial charge in [-0.2, -0.15) is 0 Å². The summed E-state index contributed by atoms with van der Waals surface area (Å²) >= 11 is 0. The number of rotatable bonds is 4. The Morgan fingerprint density at radius 2 is 2.27 bits per heavy atom. The summed E-state index contributed by atoms with van der Waals surface area (Å²) in [6.45, 7) is -0.578. The van der Waals surface area contributed by atoms with E-state index in [0.717, 1.165) is 0 Å². The molecule has 0 aliphatic heterocycles. The van der Waals surface area contributed by atoms with Crippen molar-refractivity contribution in [3.8, 4) is 0 Å². The Bertz CT molecular complexity index is 143. The van der Waals surface area contributed by atoms with E-state index in [0.29, 0.717) is 0 Å². The fourth-order valence-corrected chi connectivity index (χ4v) is 0.284. The number of nitroso groups, excluding NO2 is 1. The molecule has 0 saturated heterocycles. The second-order valence-electron chi connectivity index (χ2n) is 1.56. The summed E-state index contributed by atoms with van der Waals surface area (Å²) in [5.74, 6) is -1.55. The van der Waals surface area contributed by atoms with Gasteiger partial charge in [0.1, 0.15) is 0 Å². The number of hydroxylamine groups is 1. The third kappa shape index (κ3) is 6.20. The molecule has 11 heavy (non-hydrogen) atoms. The first-order valence-corrected chi connectivity index (χ1v) is 2.34. The van der Waals surface area contributed by atoms with Gasteiger partial charge in [0.2, 0.25) is 0 Å². The predicted molar refractivity (Wildman–Crippen MR) is 27.3 cm³/mol. The molecule has 0 amide bonds. The smallest absolute Gasteiger partial charge is 0.548 e. The molecule has 8 heteroatoms. The van der Waals surface area contributed by atoms with E-state index in [1.807, 2.05) is 5.29 Å². The quantitative estimate of drug-likeness (QED) is 0.247. The minimum atomic E-state index is -1.55. The molecule has 0 unspecified atom stereocenters. The number of nitrogens with zero attached hydrogens (tertiary/aromatic N) is 2. The van der Waals surface area contributed by atoms with Crippen LogP contribution in [0.15, 0.2) is 5.29 Å². The van der Waals surface area contributed by atoms with E-state index in [1.165, 1.54) is 0 Å². The summed E-state index contributed by atoms with van der Waals surface area (Å²) < 4.78 is 0. The molecule has 0 aromatic heterocycles. The summed E-state index contributed by atoms with van der Waals surface area (Å²) in [5.41, 5.74) is 4.83. The first kappa shape index (κ1) is 13.4. The van der Waals surface area contributed by atoms with Crippen LogP contribution < -0.4 is 40.4 Å². The van der Waals surface area contributed by atoms with Gasteiger partial charge in [0, 0.05) is 0 Å². The standard InChI is InChI=1S/C3H7N3O4.Na/c4-2(3(7)8)1-6(10)5-9;/h2,10H,1,4H2,(H,7,8);/q;+1/p-1/t2-;/m0./s1. The van der Waals surface area contributed by atoms with Gasteiger partial charge in [0.25, 0.3) is 0 Å². The van der Waals surface area contributed by atoms with Crippen LogP contribution in [0.3, 0.4) is 0 Å². The van der Waals surface area contributed by atoms with Crippen LogP contribution in [0.25, 0.3) is 0 Å². The zero-order chi connectivity index (χ0) is 8.15. The average molecular weight is 171 g/mol. The maximum atomic E-state index is 9.83. The van der Waals surface area contributed by atoms with Gasteiger partial charge in [0.15, 0.2) is 0 Å². The van der Waals surface area contributed by atoms with Crippen LogP contribution in [0, 0.1) is 4.91 Å². The van der Waals surface area contributed by atoms with Gasteiger partial charge in [-0.1, -0.05) is 0 Å². The van der Waals surface area contributed by atoms with Crippen LogP contribution in [0.1, 0.15) is 0 Å². The number of carboxylic acids is 1. The fourth-order valence-electron chi connectivity index (χ4n) is 0.284. The molecule has 0 aromatic rings. The number of nitrogens with two attached hydrogens (primary N) is 1. The monoisotopic (exact) mass is 171 g/mol. The van der Waals surface area contributed by atoms with E-state index >= 15 is 0 Å². The second kappa shape index (κ2) is 6.50. The molecular formula is C3H6N3NaO4. The number of carbonyl (C=O) groups excluding carboxylic acids is 1. The van der Waals surface area contributed by atoms with Crippen molar-refractivity contribution in [1.82, 2.24) is 5.17 Å². The minimum Gasteiger partial charge on any atom is -0.548 e. The normalized spacial score (nSPS) is 11.1. The Balaban J connectivity index is 0. The second-order valence-corrected chi connectivity index (χ2v) is 1.56. The van der Waals surface area contributed by atoms with E-state index < -0.39 is 18.6 Å². The molecule has 0 aliphatic rings. The molecule has 0 heterocycles. The predicted octanol–water partition coefficient (Wildman–Crippen LogP) is -5.56. The Morgan fingerprint density at radius 1 is 1.82 bits per heavy atom. The van der Waals surface area contributed by atoms with Crippen molar-refractivity contribution in [3.05, 3.63) is 4.91 Å². The number of hydrogen-bond acceptors (Lipinski definition) is 6. The third-order valence-electron chi connectivity index (χ3n) is 0.757. The van der Waals surface area contributed by atoms with Gasteiger partial charge >= 0.3 is 29.6 Å². The first-order valence-electron chi connectivity index (χ1n) is 2.34. The zero-order valence-electron chi connectivity index (χ0n) is 5.93. The molecule has 0 saturated carbocycles. The summed E-state index contributed by atoms with van der Waals surface area (Å²) in [4.78, 5) is 19.3. The van der Waals surface area contributed by atoms with Crippen molar-refractivity contribution < 1.29 is 44.7 Å². The molecule has 58 valence electrons. The van der Waals surface area contributed by atoms with E-state index in [4.69, 9.17) is 10.9 Å². The van der Waals surface area contributed by atoms with Crippen molar-refractivity contribution in [2.24, 2.45) is 11.0 Å². The van der Waals surface area contributed by atoms with Crippen LogP contribution in [0.4, 0.5) is 0 Å². The molecule has 1 atom stereocenters. The van der Waals surface area contributed by atoms with Crippen LogP contribution in [-0.4, -0.2) is 28.9 Å². The maximum absolute atomic E-state index is 9.83. The Hall–Kier alpha value is -0.210. The van der Waals surface area contributed by atoms with Gasteiger partial charge in [0.05, 0.1) is 23.8 Å². The van der Waals surface area contributed by atoms with Gasteiger partial charge < -0.3 is 15.6 Å². The van der Waals surface area contributed by atoms with Gasteiger partial charge in [-0.25, -0.2) is 0 Å². The van der Waals surface area contributed by atoms with Crippen molar-refractivity contribution in [2.45, 2.75) is 6.04 Å². The maximum Gasteiger partial charge on any atom is 1.00 e. The number of aliphatic carboxylic acids is 1. The van der Waals surface area contributed by atoms with E-state index in [2.05, 4.69) is 0 Å². The van der Waals surface area contributed by atoms with E-state index in [-0.39, 0.29) is 34.7 Å². The molecule has 3 N–H and O–H groups in total. The van der Waals surface area contributed by atoms with Gasteiger partial charge in [-0.3, -0.25) is 5.21 Å². The Kier molecular flexibility index (Phi) is 7.91. The van der Waals surface area contributed by atoms with Crippen LogP contribution in [0.5, 0.6) is 0 Å². The molecule has 0 spiro atoms. The Labute approximate surface area is 84.4 Å². The number of carboxylic acid groups (broad SMARTS) is 1. The SMILES string of the molecule is N[C@@H](CN(O)N=O)C(=O)[O-].[Na+]. The molecule has 0 bridgehead atoms. The topological polar surface area (TPSA) is 119 Å². The first-order chi connectivity index (χ1) is 4.57. The van der Waals surface area contributed by atoms with Crippen molar-refractivity contribution in [1.29, 1.82) is 0 Å². The van der Waals surface area contributed by atoms with E-state index in [9.17, 15) is 14.8 Å². The molecule has 0 rings (SSSR count). The van der Waals surface area contributed by atoms with E-state index in [1.54, 1.807) is 0 Å². The summed E-state index contributed by atoms with van der Waals surface area (Å²) in [6.07, 6.45) is 0. The molecule has 0 radical (unpaired) electrons. The summed E-state index contributed by atoms with van der Waals surface area (Å²) in [7, 11) is 0. The number of hydrogen-bond donors (Lipinski definition) is 2. The summed E-state index contributed by atoms with van der Waals surface area (Å²) in [5, 5.41) is 20.0. The van der Waals surface area contributed by atoms with Gasteiger partial charge in [-0.15, -0.1) is 10.1 Å². The largest absolute Gasteiger partial charge is 1.00 e. The van der Waals surface area contributed by atoms with Crippen LogP contribution in [-0.2, 0) is 4.79 Å². The average Bonchev–Trinajstić information content (AvgIpc) is 1.87. The van der Waals surface area contributed by atoms with Crippen LogP contribution >= 0.6 is 0 Å². The van der Waals surface area contributed by atoms with Crippen molar-refractivity contribution in [3.63, 3.8) is 0 Å². The molecule has 0 aliphatic carbocycles. The van der Waals surface area contributed by atoms with Gasteiger partial charge in [-0.05, 0) is 0 Å². The summed E-state index contributed by atoms with van der Waals surface area (Å²) in [6, 6.07) is -1.41. The molecule has 0 fully saturated rings. The molecule has 7 nitrogen and oxygen atoms in total. The Morgan fingerprint density at radius 3 is 2.55 bits per heavy atom. The zero-order valence-corrected chi connectivity index (χ0v) is 7.93. The van der Waals surface area contributed by atoms with Crippen molar-refractivity contribution >= 4 is 5.97 Å². The fraction of sp³-hybridized carbons (Fsp3) is 0.667. The van der Waals surface area contributed by atoms with Crippen LogP contribution in [0.2, 0.25) is 0 Å². The third-order valence-corrected chi connectivity index (χ3v) is 0.757. The van der Waals surface area contributed by atoms with Crippen molar-refractivity contribution in [2.75, 3.05) is 6.54 Å². The molecular weight excluding hydrogens is 165 g/mol. The minimum absolute atomic E-state index is 0.